The van der Waals surface area contributed by atoms with Gasteiger partial charge in [0, 0.05) is 11.6 Å². The fraction of sp³-hybridized carbons (Fsp3) is 0.125. The molecule has 0 heterocycles. The summed E-state index contributed by atoms with van der Waals surface area (Å²) in [6.07, 6.45) is 0. The van der Waals surface area contributed by atoms with Crippen LogP contribution in [0.5, 0.6) is 0 Å². The SMILES string of the molecule is Cc1ccccc1[N+](=O)[O-].NC=S. The van der Waals surface area contributed by atoms with Crippen LogP contribution in [0.25, 0.3) is 0 Å². The van der Waals surface area contributed by atoms with E-state index in [-0.39, 0.29) is 10.6 Å². The zero-order valence-electron chi connectivity index (χ0n) is 7.14. The molecule has 13 heavy (non-hydrogen) atoms. The lowest BCUT2D eigenvalue weighted by atomic mass is 10.2. The van der Waals surface area contributed by atoms with Gasteiger partial charge in [-0.15, -0.1) is 0 Å². The molecule has 2 N–H and O–H groups in total. The highest BCUT2D eigenvalue weighted by Crippen LogP contribution is 2.14. The zero-order chi connectivity index (χ0) is 10.3. The van der Waals surface area contributed by atoms with E-state index in [1.165, 1.54) is 6.07 Å². The summed E-state index contributed by atoms with van der Waals surface area (Å²) in [5.74, 6) is 0. The van der Waals surface area contributed by atoms with Crippen molar-refractivity contribution in [2.45, 2.75) is 6.92 Å². The maximum absolute atomic E-state index is 10.2. The number of hydrogen-bond donors (Lipinski definition) is 1. The van der Waals surface area contributed by atoms with Crippen molar-refractivity contribution in [2.24, 2.45) is 5.73 Å². The minimum absolute atomic E-state index is 0.183. The molecule has 5 heteroatoms. The van der Waals surface area contributed by atoms with E-state index in [0.717, 1.165) is 5.49 Å². The molecular weight excluding hydrogens is 188 g/mol. The van der Waals surface area contributed by atoms with Crippen LogP contribution in [-0.4, -0.2) is 10.4 Å². The lowest BCUT2D eigenvalue weighted by molar-refractivity contribution is -0.385. The smallest absolute Gasteiger partial charge is 0.272 e. The molecule has 0 aliphatic heterocycles. The number of nitro groups is 1. The minimum atomic E-state index is -0.380. The van der Waals surface area contributed by atoms with Gasteiger partial charge in [0.2, 0.25) is 0 Å². The molecule has 0 spiro atoms. The molecule has 1 rings (SSSR count). The molecular formula is C8H10N2O2S. The van der Waals surface area contributed by atoms with Crippen molar-refractivity contribution in [1.29, 1.82) is 0 Å². The highest BCUT2D eigenvalue weighted by molar-refractivity contribution is 7.78. The number of benzene rings is 1. The first kappa shape index (κ1) is 11.5. The number of hydrogen-bond acceptors (Lipinski definition) is 3. The Morgan fingerprint density at radius 3 is 2.31 bits per heavy atom. The van der Waals surface area contributed by atoms with Crippen LogP contribution in [0.4, 0.5) is 5.69 Å². The van der Waals surface area contributed by atoms with Gasteiger partial charge in [0.15, 0.2) is 0 Å². The number of para-hydroxylation sites is 1. The monoisotopic (exact) mass is 198 g/mol. The molecule has 1 aromatic carbocycles. The van der Waals surface area contributed by atoms with Gasteiger partial charge in [-0.25, -0.2) is 0 Å². The number of nitro benzene ring substituents is 1. The van der Waals surface area contributed by atoms with E-state index in [1.54, 1.807) is 25.1 Å². The first-order valence-corrected chi connectivity index (χ1v) is 3.96. The van der Waals surface area contributed by atoms with Crippen LogP contribution >= 0.6 is 12.2 Å². The second-order valence-corrected chi connectivity index (χ2v) is 2.45. The van der Waals surface area contributed by atoms with Gasteiger partial charge in [-0.3, -0.25) is 10.1 Å². The summed E-state index contributed by atoms with van der Waals surface area (Å²) in [4.78, 5) is 9.85. The van der Waals surface area contributed by atoms with E-state index < -0.39 is 0 Å². The summed E-state index contributed by atoms with van der Waals surface area (Å²) in [6.45, 7) is 1.72. The average molecular weight is 198 g/mol. The Hall–Kier alpha value is -1.49. The summed E-state index contributed by atoms with van der Waals surface area (Å²) >= 11 is 4.05. The van der Waals surface area contributed by atoms with Crippen LogP contribution in [0, 0.1) is 17.0 Å². The molecule has 0 atom stereocenters. The average Bonchev–Trinajstić information content (AvgIpc) is 2.06. The van der Waals surface area contributed by atoms with E-state index in [2.05, 4.69) is 18.0 Å². The third-order valence-corrected chi connectivity index (χ3v) is 1.31. The van der Waals surface area contributed by atoms with Crippen LogP contribution < -0.4 is 5.73 Å². The first-order valence-electron chi connectivity index (χ1n) is 3.49. The molecule has 70 valence electrons. The van der Waals surface area contributed by atoms with Crippen molar-refractivity contribution in [3.8, 4) is 0 Å². The number of rotatable bonds is 1. The molecule has 0 aliphatic carbocycles. The highest BCUT2D eigenvalue weighted by Gasteiger charge is 2.05. The summed E-state index contributed by atoms with van der Waals surface area (Å²) in [5, 5.41) is 10.2. The van der Waals surface area contributed by atoms with Crippen molar-refractivity contribution in [3.63, 3.8) is 0 Å². The van der Waals surface area contributed by atoms with Crippen LogP contribution in [0.2, 0.25) is 0 Å². The van der Waals surface area contributed by atoms with Crippen molar-refractivity contribution in [2.75, 3.05) is 0 Å². The Balaban J connectivity index is 0.000000424. The van der Waals surface area contributed by atoms with E-state index in [4.69, 9.17) is 0 Å². The summed E-state index contributed by atoms with van der Waals surface area (Å²) in [6, 6.07) is 6.65. The van der Waals surface area contributed by atoms with Gasteiger partial charge in [0.05, 0.1) is 10.4 Å². The molecule has 0 amide bonds. The molecule has 0 unspecified atom stereocenters. The Labute approximate surface area is 81.5 Å². The Morgan fingerprint density at radius 1 is 1.54 bits per heavy atom. The minimum Gasteiger partial charge on any atom is -0.396 e. The third kappa shape index (κ3) is 4.17. The van der Waals surface area contributed by atoms with Crippen LogP contribution in [0.3, 0.4) is 0 Å². The quantitative estimate of drug-likeness (QED) is 0.424. The normalized spacial score (nSPS) is 8.08. The molecule has 0 aliphatic rings. The number of nitrogens with zero attached hydrogens (tertiary/aromatic N) is 1. The fourth-order valence-corrected chi connectivity index (χ4v) is 0.768. The molecule has 0 saturated heterocycles. The van der Waals surface area contributed by atoms with Crippen LogP contribution in [0.1, 0.15) is 5.56 Å². The van der Waals surface area contributed by atoms with Crippen LogP contribution in [-0.2, 0) is 0 Å². The molecule has 0 fully saturated rings. The van der Waals surface area contributed by atoms with E-state index in [0.29, 0.717) is 5.56 Å². The number of aryl methyl sites for hydroxylation is 1. The second-order valence-electron chi connectivity index (χ2n) is 2.18. The van der Waals surface area contributed by atoms with Crippen molar-refractivity contribution in [3.05, 3.63) is 39.9 Å². The van der Waals surface area contributed by atoms with Gasteiger partial charge in [-0.2, -0.15) is 0 Å². The fourth-order valence-electron chi connectivity index (χ4n) is 0.768. The van der Waals surface area contributed by atoms with Gasteiger partial charge >= 0.3 is 0 Å². The Bertz CT molecular complexity index is 302. The second kappa shape index (κ2) is 6.07. The van der Waals surface area contributed by atoms with Crippen molar-refractivity contribution < 1.29 is 4.92 Å². The molecule has 1 aromatic rings. The maximum atomic E-state index is 10.2. The van der Waals surface area contributed by atoms with E-state index in [1.807, 2.05) is 0 Å². The lowest BCUT2D eigenvalue weighted by Gasteiger charge is -1.92. The molecule has 0 aromatic heterocycles. The van der Waals surface area contributed by atoms with Crippen molar-refractivity contribution >= 4 is 23.4 Å². The summed E-state index contributed by atoms with van der Waals surface area (Å²) in [7, 11) is 0. The summed E-state index contributed by atoms with van der Waals surface area (Å²) < 4.78 is 0. The predicted octanol–water partition coefficient (Wildman–Crippen LogP) is 1.81. The van der Waals surface area contributed by atoms with Gasteiger partial charge in [-0.05, 0) is 6.92 Å². The number of thiocarbonyl (C=S) groups is 1. The standard InChI is InChI=1S/C7H7NO2.CH3NS/c1-6-4-2-3-5-7(6)8(9)10;2-1-3/h2-5H,1H3;1H,(H2,2,3). The van der Waals surface area contributed by atoms with E-state index >= 15 is 0 Å². The largest absolute Gasteiger partial charge is 0.396 e. The lowest BCUT2D eigenvalue weighted by Crippen LogP contribution is -1.89. The van der Waals surface area contributed by atoms with Gasteiger partial charge < -0.3 is 5.73 Å². The number of nitrogens with two attached hydrogens (primary N) is 1. The van der Waals surface area contributed by atoms with Crippen LogP contribution in [0.15, 0.2) is 24.3 Å². The Kier molecular flexibility index (Phi) is 5.38. The van der Waals surface area contributed by atoms with Gasteiger partial charge in [0.1, 0.15) is 0 Å². The third-order valence-electron chi connectivity index (χ3n) is 1.31. The zero-order valence-corrected chi connectivity index (χ0v) is 7.95. The Morgan fingerprint density at radius 2 is 2.00 bits per heavy atom. The summed E-state index contributed by atoms with van der Waals surface area (Å²) in [5.41, 5.74) is 6.50. The predicted molar refractivity (Wildman–Crippen MR) is 55.7 cm³/mol. The van der Waals surface area contributed by atoms with E-state index in [9.17, 15) is 10.1 Å². The topological polar surface area (TPSA) is 69.2 Å². The highest BCUT2D eigenvalue weighted by atomic mass is 32.1. The molecule has 4 nitrogen and oxygen atoms in total. The molecule has 0 bridgehead atoms. The van der Waals surface area contributed by atoms with Gasteiger partial charge in [0.25, 0.3) is 5.69 Å². The molecule has 0 radical (unpaired) electrons. The van der Waals surface area contributed by atoms with Crippen molar-refractivity contribution in [1.82, 2.24) is 0 Å². The molecule has 0 saturated carbocycles. The first-order chi connectivity index (χ1) is 6.13. The van der Waals surface area contributed by atoms with Gasteiger partial charge in [-0.1, -0.05) is 30.4 Å². The maximum Gasteiger partial charge on any atom is 0.272 e.